The van der Waals surface area contributed by atoms with Crippen molar-refractivity contribution in [1.29, 1.82) is 0 Å². The number of nitrogens with zero attached hydrogens (tertiary/aromatic N) is 5. The van der Waals surface area contributed by atoms with Crippen LogP contribution in [0, 0.1) is 5.82 Å². The highest BCUT2D eigenvalue weighted by molar-refractivity contribution is 5.95. The molecular formula is C34H41FN8O3. The maximum Gasteiger partial charge on any atom is 0.150 e. The Kier molecular flexibility index (Phi) is 10.9. The number of anilines is 4. The van der Waals surface area contributed by atoms with Gasteiger partial charge < -0.3 is 35.6 Å². The molecule has 2 fully saturated rings. The number of halogens is 1. The fraction of sp³-hybridized carbons (Fsp3) is 0.353. The summed E-state index contributed by atoms with van der Waals surface area (Å²) in [4.78, 5) is 26.9. The van der Waals surface area contributed by atoms with Crippen LogP contribution in [-0.4, -0.2) is 78.6 Å². The Morgan fingerprint density at radius 1 is 0.978 bits per heavy atom. The van der Waals surface area contributed by atoms with Gasteiger partial charge in [-0.05, 0) is 76.2 Å². The number of ether oxygens (including phenoxy) is 2. The smallest absolute Gasteiger partial charge is 0.150 e. The van der Waals surface area contributed by atoms with Gasteiger partial charge in [0.15, 0.2) is 0 Å². The van der Waals surface area contributed by atoms with Gasteiger partial charge in [0.05, 0.1) is 24.0 Å². The molecule has 2 saturated heterocycles. The average Bonchev–Trinajstić information content (AvgIpc) is 3.07. The number of hydrogen-bond donors (Lipinski definition) is 3. The van der Waals surface area contributed by atoms with Crippen LogP contribution < -0.4 is 30.7 Å². The van der Waals surface area contributed by atoms with E-state index in [1.54, 1.807) is 31.5 Å². The number of fused-ring (bicyclic) bond motifs is 1. The van der Waals surface area contributed by atoms with E-state index in [4.69, 9.17) is 20.0 Å². The molecule has 0 aliphatic carbocycles. The summed E-state index contributed by atoms with van der Waals surface area (Å²) >= 11 is 0. The molecule has 0 spiro atoms. The third kappa shape index (κ3) is 8.26. The van der Waals surface area contributed by atoms with Crippen LogP contribution in [0.3, 0.4) is 0 Å². The Hall–Kier alpha value is -4.81. The second-order valence-corrected chi connectivity index (χ2v) is 11.4. The van der Waals surface area contributed by atoms with Crippen molar-refractivity contribution in [2.24, 2.45) is 5.73 Å². The lowest BCUT2D eigenvalue weighted by molar-refractivity contribution is -0.104. The largest absolute Gasteiger partial charge is 0.495 e. The van der Waals surface area contributed by atoms with Gasteiger partial charge in [0.25, 0.3) is 0 Å². The standard InChI is InChI=1S/C31H37FN8O2.C3H4O/c1-39-11-8-21(9-12-39)37-28-17-24-27(18-29(28)41-2)35-19-36-31(24)38-26-4-3-22(15-25(26)32)42-23-5-10-34-30(16-23)40-13-6-20(33)7-14-40;1-2-3-4/h3-5,10,15-21,37H,6-9,11-14,33H2,1-2H3,(H,35,36,38);2-3H,1H2. The fourth-order valence-electron chi connectivity index (χ4n) is 5.53. The van der Waals surface area contributed by atoms with Gasteiger partial charge in [-0.1, -0.05) is 6.58 Å². The molecule has 46 heavy (non-hydrogen) atoms. The van der Waals surface area contributed by atoms with Crippen LogP contribution in [-0.2, 0) is 4.79 Å². The second kappa shape index (κ2) is 15.5. The number of aromatic nitrogens is 3. The third-order valence-electron chi connectivity index (χ3n) is 8.14. The van der Waals surface area contributed by atoms with Gasteiger partial charge in [-0.15, -0.1) is 0 Å². The van der Waals surface area contributed by atoms with Gasteiger partial charge >= 0.3 is 0 Å². The number of allylic oxidation sites excluding steroid dienone is 1. The minimum Gasteiger partial charge on any atom is -0.495 e. The monoisotopic (exact) mass is 628 g/mol. The fourth-order valence-corrected chi connectivity index (χ4v) is 5.53. The number of aldehydes is 1. The normalized spacial score (nSPS) is 15.9. The number of hydrogen-bond acceptors (Lipinski definition) is 11. The van der Waals surface area contributed by atoms with E-state index < -0.39 is 5.82 Å². The molecule has 0 saturated carbocycles. The number of methoxy groups -OCH3 is 1. The molecule has 0 bridgehead atoms. The first-order valence-electron chi connectivity index (χ1n) is 15.4. The highest BCUT2D eigenvalue weighted by Crippen LogP contribution is 2.35. The molecule has 4 heterocycles. The molecule has 4 N–H and O–H groups in total. The topological polar surface area (TPSA) is 131 Å². The van der Waals surface area contributed by atoms with Gasteiger partial charge in [0.2, 0.25) is 0 Å². The summed E-state index contributed by atoms with van der Waals surface area (Å²) in [6, 6.07) is 12.8. The van der Waals surface area contributed by atoms with E-state index in [9.17, 15) is 0 Å². The Morgan fingerprint density at radius 2 is 1.72 bits per heavy atom. The van der Waals surface area contributed by atoms with E-state index in [-0.39, 0.29) is 11.7 Å². The quantitative estimate of drug-likeness (QED) is 0.160. The molecule has 242 valence electrons. The predicted molar refractivity (Wildman–Crippen MR) is 180 cm³/mol. The number of rotatable bonds is 9. The van der Waals surface area contributed by atoms with E-state index in [0.29, 0.717) is 40.9 Å². The highest BCUT2D eigenvalue weighted by atomic mass is 19.1. The molecule has 6 rings (SSSR count). The Morgan fingerprint density at radius 3 is 2.41 bits per heavy atom. The number of piperidine rings is 2. The molecule has 0 amide bonds. The third-order valence-corrected chi connectivity index (χ3v) is 8.14. The van der Waals surface area contributed by atoms with Crippen LogP contribution >= 0.6 is 0 Å². The van der Waals surface area contributed by atoms with Crippen molar-refractivity contribution >= 4 is 40.2 Å². The number of likely N-dealkylation sites (tertiary alicyclic amines) is 1. The van der Waals surface area contributed by atoms with Gasteiger partial charge in [-0.3, -0.25) is 4.79 Å². The Labute approximate surface area is 268 Å². The number of nitrogens with one attached hydrogen (secondary N) is 2. The molecular weight excluding hydrogens is 587 g/mol. The van der Waals surface area contributed by atoms with E-state index >= 15 is 4.39 Å². The van der Waals surface area contributed by atoms with Crippen molar-refractivity contribution in [2.75, 3.05) is 55.9 Å². The molecule has 0 radical (unpaired) electrons. The Balaban J connectivity index is 0.000000985. The molecule has 0 atom stereocenters. The molecule has 0 unspecified atom stereocenters. The van der Waals surface area contributed by atoms with Crippen molar-refractivity contribution in [1.82, 2.24) is 19.9 Å². The Bertz CT molecular complexity index is 1630. The van der Waals surface area contributed by atoms with E-state index in [0.717, 1.165) is 68.8 Å². The van der Waals surface area contributed by atoms with E-state index in [2.05, 4.69) is 49.0 Å². The zero-order chi connectivity index (χ0) is 32.5. The maximum atomic E-state index is 15.3. The highest BCUT2D eigenvalue weighted by Gasteiger charge is 2.20. The molecule has 12 heteroatoms. The minimum absolute atomic E-state index is 0.238. The van der Waals surface area contributed by atoms with Gasteiger partial charge in [-0.25, -0.2) is 19.3 Å². The van der Waals surface area contributed by atoms with E-state index in [1.165, 1.54) is 18.5 Å². The first kappa shape index (κ1) is 32.6. The molecule has 2 aliphatic heterocycles. The molecule has 2 aromatic carbocycles. The average molecular weight is 629 g/mol. The van der Waals surface area contributed by atoms with Crippen LogP contribution in [0.2, 0.25) is 0 Å². The van der Waals surface area contributed by atoms with Crippen molar-refractivity contribution in [3.63, 3.8) is 0 Å². The van der Waals surface area contributed by atoms with Crippen LogP contribution in [0.25, 0.3) is 10.9 Å². The van der Waals surface area contributed by atoms with Gasteiger partial charge in [0, 0.05) is 55.0 Å². The van der Waals surface area contributed by atoms with Crippen molar-refractivity contribution in [2.45, 2.75) is 37.8 Å². The summed E-state index contributed by atoms with van der Waals surface area (Å²) in [5.74, 6) is 2.56. The lowest BCUT2D eigenvalue weighted by atomic mass is 10.0. The van der Waals surface area contributed by atoms with Crippen LogP contribution in [0.5, 0.6) is 17.2 Å². The SMILES string of the molecule is C=CC=O.COc1cc2ncnc(Nc3ccc(Oc4ccnc(N5CCC(N)CC5)c4)cc3F)c2cc1NC1CCN(C)CC1. The number of nitrogens with two attached hydrogens (primary N) is 1. The maximum absolute atomic E-state index is 15.3. The number of carbonyl (C=O) groups is 1. The predicted octanol–water partition coefficient (Wildman–Crippen LogP) is 5.51. The minimum atomic E-state index is -0.461. The summed E-state index contributed by atoms with van der Waals surface area (Å²) in [6.45, 7) is 6.90. The lowest BCUT2D eigenvalue weighted by Crippen LogP contribution is -2.40. The summed E-state index contributed by atoms with van der Waals surface area (Å²) in [7, 11) is 3.79. The van der Waals surface area contributed by atoms with E-state index in [1.807, 2.05) is 18.2 Å². The molecule has 2 aliphatic rings. The van der Waals surface area contributed by atoms with Gasteiger partial charge in [-0.2, -0.15) is 0 Å². The molecule has 4 aromatic rings. The zero-order valence-corrected chi connectivity index (χ0v) is 26.3. The van der Waals surface area contributed by atoms with Crippen LogP contribution in [0.15, 0.2) is 67.6 Å². The molecule has 2 aromatic heterocycles. The number of carbonyl (C=O) groups excluding carboxylic acids is 1. The summed E-state index contributed by atoms with van der Waals surface area (Å²) in [6.07, 6.45) is 8.94. The van der Waals surface area contributed by atoms with Crippen molar-refractivity contribution < 1.29 is 18.7 Å². The van der Waals surface area contributed by atoms with Gasteiger partial charge in [0.1, 0.15) is 47.3 Å². The summed E-state index contributed by atoms with van der Waals surface area (Å²) < 4.78 is 27.0. The van der Waals surface area contributed by atoms with Crippen molar-refractivity contribution in [3.8, 4) is 17.2 Å². The first-order valence-corrected chi connectivity index (χ1v) is 15.4. The summed E-state index contributed by atoms with van der Waals surface area (Å²) in [5, 5.41) is 7.55. The number of benzene rings is 2. The summed E-state index contributed by atoms with van der Waals surface area (Å²) in [5.41, 5.74) is 7.88. The van der Waals surface area contributed by atoms with Crippen molar-refractivity contribution in [3.05, 3.63) is 73.5 Å². The second-order valence-electron chi connectivity index (χ2n) is 11.4. The zero-order valence-electron chi connectivity index (χ0n) is 26.3. The van der Waals surface area contributed by atoms with Crippen LogP contribution in [0.4, 0.5) is 27.4 Å². The molecule has 11 nitrogen and oxygen atoms in total. The van der Waals surface area contributed by atoms with Crippen LogP contribution in [0.1, 0.15) is 25.7 Å². The lowest BCUT2D eigenvalue weighted by Gasteiger charge is -2.31. The number of pyridine rings is 1. The first-order chi connectivity index (χ1) is 22.4.